The summed E-state index contributed by atoms with van der Waals surface area (Å²) in [6.07, 6.45) is 2.95. The standard InChI is InChI=1S/C14H20O3/c1-6-9-4-10(7(2)14(15)16)11(5-9)12(6)13-8(3)17-13/h6,8-13H,2,4-5H2,1,3H3,(H,15,16). The molecule has 0 aromatic carbocycles. The first-order valence-corrected chi connectivity index (χ1v) is 6.58. The fraction of sp³-hybridized carbons (Fsp3) is 0.786. The molecule has 3 rings (SSSR count). The molecule has 0 aromatic rings. The Morgan fingerprint density at radius 2 is 2.00 bits per heavy atom. The van der Waals surface area contributed by atoms with Gasteiger partial charge in [0.1, 0.15) is 0 Å². The van der Waals surface area contributed by atoms with Crippen LogP contribution >= 0.6 is 0 Å². The van der Waals surface area contributed by atoms with E-state index >= 15 is 0 Å². The molecule has 2 bridgehead atoms. The molecule has 1 saturated heterocycles. The first-order chi connectivity index (χ1) is 8.00. The topological polar surface area (TPSA) is 49.8 Å². The summed E-state index contributed by atoms with van der Waals surface area (Å²) in [6, 6.07) is 0. The molecule has 0 radical (unpaired) electrons. The molecule has 3 heteroatoms. The summed E-state index contributed by atoms with van der Waals surface area (Å²) in [7, 11) is 0. The van der Waals surface area contributed by atoms with E-state index in [2.05, 4.69) is 20.4 Å². The molecule has 0 amide bonds. The maximum atomic E-state index is 11.1. The van der Waals surface area contributed by atoms with Crippen molar-refractivity contribution in [2.24, 2.45) is 29.6 Å². The van der Waals surface area contributed by atoms with Crippen LogP contribution in [-0.2, 0) is 9.53 Å². The second kappa shape index (κ2) is 3.58. The molecule has 3 aliphatic rings. The summed E-state index contributed by atoms with van der Waals surface area (Å²) < 4.78 is 5.64. The molecule has 7 atom stereocenters. The van der Waals surface area contributed by atoms with Crippen molar-refractivity contribution in [1.29, 1.82) is 0 Å². The molecule has 0 aromatic heterocycles. The SMILES string of the molecule is C=C(C(=O)O)C1CC2CC1C(C1OC1C)C2C. The zero-order valence-corrected chi connectivity index (χ0v) is 10.4. The second-order valence-corrected chi connectivity index (χ2v) is 6.07. The molecule has 2 aliphatic carbocycles. The van der Waals surface area contributed by atoms with E-state index in [1.54, 1.807) is 0 Å². The Hall–Kier alpha value is -0.830. The van der Waals surface area contributed by atoms with Gasteiger partial charge in [-0.15, -0.1) is 0 Å². The number of aliphatic carboxylic acids is 1. The lowest BCUT2D eigenvalue weighted by Gasteiger charge is -2.33. The summed E-state index contributed by atoms with van der Waals surface area (Å²) in [5, 5.41) is 9.10. The highest BCUT2D eigenvalue weighted by atomic mass is 16.6. The lowest BCUT2D eigenvalue weighted by molar-refractivity contribution is -0.133. The number of carboxylic acid groups (broad SMARTS) is 1. The van der Waals surface area contributed by atoms with Crippen molar-refractivity contribution in [2.75, 3.05) is 0 Å². The molecule has 3 fully saturated rings. The first kappa shape index (κ1) is 11.3. The smallest absolute Gasteiger partial charge is 0.331 e. The molecule has 17 heavy (non-hydrogen) atoms. The summed E-state index contributed by atoms with van der Waals surface area (Å²) >= 11 is 0. The predicted molar refractivity (Wildman–Crippen MR) is 63.5 cm³/mol. The number of ether oxygens (including phenoxy) is 1. The predicted octanol–water partition coefficient (Wildman–Crippen LogP) is 2.32. The largest absolute Gasteiger partial charge is 0.478 e. The van der Waals surface area contributed by atoms with Crippen LogP contribution < -0.4 is 0 Å². The van der Waals surface area contributed by atoms with Gasteiger partial charge in [0.05, 0.1) is 12.2 Å². The lowest BCUT2D eigenvalue weighted by Crippen LogP contribution is -2.33. The molecule has 1 heterocycles. The number of carbonyl (C=O) groups is 1. The van der Waals surface area contributed by atoms with E-state index < -0.39 is 5.97 Å². The van der Waals surface area contributed by atoms with Gasteiger partial charge in [0.25, 0.3) is 0 Å². The quantitative estimate of drug-likeness (QED) is 0.604. The van der Waals surface area contributed by atoms with Crippen LogP contribution in [0.15, 0.2) is 12.2 Å². The van der Waals surface area contributed by atoms with Crippen LogP contribution in [0.2, 0.25) is 0 Å². The molecule has 2 saturated carbocycles. The molecule has 7 unspecified atom stereocenters. The molecule has 3 nitrogen and oxygen atoms in total. The Kier molecular flexibility index (Phi) is 2.37. The van der Waals surface area contributed by atoms with E-state index in [9.17, 15) is 4.79 Å². The van der Waals surface area contributed by atoms with Gasteiger partial charge in [0.2, 0.25) is 0 Å². The fourth-order valence-corrected chi connectivity index (χ4v) is 4.38. The van der Waals surface area contributed by atoms with Gasteiger partial charge in [-0.05, 0) is 49.4 Å². The van der Waals surface area contributed by atoms with Crippen molar-refractivity contribution in [2.45, 2.75) is 38.9 Å². The molecule has 1 aliphatic heterocycles. The van der Waals surface area contributed by atoms with Crippen molar-refractivity contribution in [1.82, 2.24) is 0 Å². The van der Waals surface area contributed by atoms with Gasteiger partial charge < -0.3 is 9.84 Å². The second-order valence-electron chi connectivity index (χ2n) is 6.07. The van der Waals surface area contributed by atoms with E-state index in [0.717, 1.165) is 6.42 Å². The summed E-state index contributed by atoms with van der Waals surface area (Å²) in [6.45, 7) is 8.20. The van der Waals surface area contributed by atoms with Crippen LogP contribution in [0.5, 0.6) is 0 Å². The van der Waals surface area contributed by atoms with Gasteiger partial charge >= 0.3 is 5.97 Å². The molecule has 94 valence electrons. The third-order valence-corrected chi connectivity index (χ3v) is 5.35. The van der Waals surface area contributed by atoms with E-state index in [1.165, 1.54) is 6.42 Å². The van der Waals surface area contributed by atoms with Crippen LogP contribution in [0.25, 0.3) is 0 Å². The van der Waals surface area contributed by atoms with Crippen LogP contribution in [0.1, 0.15) is 26.7 Å². The highest BCUT2D eigenvalue weighted by Crippen LogP contribution is 2.60. The number of carboxylic acids is 1. The first-order valence-electron chi connectivity index (χ1n) is 6.58. The Morgan fingerprint density at radius 3 is 2.47 bits per heavy atom. The average molecular weight is 236 g/mol. The number of hydrogen-bond donors (Lipinski definition) is 1. The van der Waals surface area contributed by atoms with Crippen molar-refractivity contribution in [3.63, 3.8) is 0 Å². The fourth-order valence-electron chi connectivity index (χ4n) is 4.38. The minimum Gasteiger partial charge on any atom is -0.478 e. The summed E-state index contributed by atoms with van der Waals surface area (Å²) in [5.41, 5.74) is 0.419. The Labute approximate surface area is 102 Å². The van der Waals surface area contributed by atoms with Crippen LogP contribution in [0.3, 0.4) is 0 Å². The molecular formula is C14H20O3. The van der Waals surface area contributed by atoms with Crippen LogP contribution in [0.4, 0.5) is 0 Å². The van der Waals surface area contributed by atoms with Gasteiger partial charge in [0, 0.05) is 5.57 Å². The average Bonchev–Trinajstić information content (AvgIpc) is 2.74. The summed E-state index contributed by atoms with van der Waals surface area (Å²) in [4.78, 5) is 11.1. The number of rotatable bonds is 3. The highest BCUT2D eigenvalue weighted by Gasteiger charge is 2.59. The van der Waals surface area contributed by atoms with E-state index in [-0.39, 0.29) is 5.92 Å². The van der Waals surface area contributed by atoms with Gasteiger partial charge in [-0.3, -0.25) is 0 Å². The molecule has 1 N–H and O–H groups in total. The molecule has 0 spiro atoms. The zero-order valence-electron chi connectivity index (χ0n) is 10.4. The monoisotopic (exact) mass is 236 g/mol. The number of hydrogen-bond acceptors (Lipinski definition) is 2. The van der Waals surface area contributed by atoms with Crippen molar-refractivity contribution in [3.05, 3.63) is 12.2 Å². The Morgan fingerprint density at radius 1 is 1.35 bits per heavy atom. The third-order valence-electron chi connectivity index (χ3n) is 5.35. The van der Waals surface area contributed by atoms with Crippen molar-refractivity contribution < 1.29 is 14.6 Å². The summed E-state index contributed by atoms with van der Waals surface area (Å²) in [5.74, 6) is 1.79. The normalized spacial score (nSPS) is 51.5. The maximum Gasteiger partial charge on any atom is 0.331 e. The lowest BCUT2D eigenvalue weighted by atomic mass is 9.70. The van der Waals surface area contributed by atoms with Crippen LogP contribution in [-0.4, -0.2) is 23.3 Å². The Balaban J connectivity index is 1.80. The van der Waals surface area contributed by atoms with Gasteiger partial charge in [-0.2, -0.15) is 0 Å². The van der Waals surface area contributed by atoms with E-state index in [4.69, 9.17) is 9.84 Å². The van der Waals surface area contributed by atoms with Gasteiger partial charge in [-0.1, -0.05) is 13.5 Å². The highest BCUT2D eigenvalue weighted by molar-refractivity contribution is 5.86. The molecular weight excluding hydrogens is 216 g/mol. The van der Waals surface area contributed by atoms with Crippen LogP contribution in [0, 0.1) is 29.6 Å². The van der Waals surface area contributed by atoms with E-state index in [0.29, 0.717) is 41.5 Å². The minimum atomic E-state index is -0.821. The Bertz CT molecular complexity index is 376. The number of epoxide rings is 1. The van der Waals surface area contributed by atoms with Gasteiger partial charge in [-0.25, -0.2) is 4.79 Å². The van der Waals surface area contributed by atoms with Crippen molar-refractivity contribution >= 4 is 5.97 Å². The van der Waals surface area contributed by atoms with Crippen molar-refractivity contribution in [3.8, 4) is 0 Å². The third kappa shape index (κ3) is 1.55. The number of fused-ring (bicyclic) bond motifs is 2. The maximum absolute atomic E-state index is 11.1. The zero-order chi connectivity index (χ0) is 12.3. The van der Waals surface area contributed by atoms with Gasteiger partial charge in [0.15, 0.2) is 0 Å². The van der Waals surface area contributed by atoms with E-state index in [1.807, 2.05) is 0 Å². The minimum absolute atomic E-state index is 0.190.